The molecule has 0 atom stereocenters. The summed E-state index contributed by atoms with van der Waals surface area (Å²) in [7, 11) is -3.84. The summed E-state index contributed by atoms with van der Waals surface area (Å²) in [6.07, 6.45) is 4.32. The van der Waals surface area contributed by atoms with E-state index in [-0.39, 0.29) is 33.1 Å². The van der Waals surface area contributed by atoms with Crippen LogP contribution in [-0.4, -0.2) is 29.3 Å². The van der Waals surface area contributed by atoms with E-state index in [1.54, 1.807) is 6.20 Å². The van der Waals surface area contributed by atoms with Crippen LogP contribution in [0, 0.1) is 6.92 Å². The Morgan fingerprint density at radius 3 is 2.34 bits per heavy atom. The average molecular weight is 472 g/mol. The fourth-order valence-electron chi connectivity index (χ4n) is 2.24. The number of hydrogen-bond donors (Lipinski definition) is 2. The second kappa shape index (κ2) is 9.14. The summed E-state index contributed by atoms with van der Waals surface area (Å²) in [5, 5.41) is 4.07. The highest BCUT2D eigenvalue weighted by molar-refractivity contribution is 7.89. The Balaban J connectivity index is 1.59. The van der Waals surface area contributed by atoms with Crippen molar-refractivity contribution in [3.05, 3.63) is 68.1 Å². The van der Waals surface area contributed by atoms with Gasteiger partial charge >= 0.3 is 0 Å². The van der Waals surface area contributed by atoms with Crippen molar-refractivity contribution in [1.29, 1.82) is 0 Å². The van der Waals surface area contributed by atoms with Gasteiger partial charge in [0.25, 0.3) is 5.91 Å². The number of amides is 1. The summed E-state index contributed by atoms with van der Waals surface area (Å²) < 4.78 is 27.1. The Kier molecular flexibility index (Phi) is 6.81. The maximum absolute atomic E-state index is 12.4. The monoisotopic (exact) mass is 471 g/mol. The van der Waals surface area contributed by atoms with Crippen LogP contribution in [0.25, 0.3) is 0 Å². The highest BCUT2D eigenvalue weighted by Gasteiger charge is 2.16. The number of halogens is 2. The van der Waals surface area contributed by atoms with E-state index < -0.39 is 10.0 Å². The van der Waals surface area contributed by atoms with Gasteiger partial charge in [-0.25, -0.2) is 23.1 Å². The molecule has 0 aliphatic carbocycles. The predicted octanol–water partition coefficient (Wildman–Crippen LogP) is 2.96. The number of nitrogens with one attached hydrogen (secondary N) is 2. The third-order valence-electron chi connectivity index (χ3n) is 3.62. The Labute approximate surface area is 181 Å². The number of aromatic nitrogens is 3. The van der Waals surface area contributed by atoms with E-state index in [0.29, 0.717) is 12.2 Å². The molecule has 2 heterocycles. The first-order chi connectivity index (χ1) is 13.7. The lowest BCUT2D eigenvalue weighted by Gasteiger charge is -2.08. The van der Waals surface area contributed by atoms with E-state index >= 15 is 0 Å². The molecule has 12 heteroatoms. The average Bonchev–Trinajstić information content (AvgIpc) is 3.09. The fraction of sp³-hybridized carbons (Fsp3) is 0.176. The highest BCUT2D eigenvalue weighted by Crippen LogP contribution is 2.22. The second-order valence-corrected chi connectivity index (χ2v) is 9.81. The summed E-state index contributed by atoms with van der Waals surface area (Å²) in [4.78, 5) is 25.2. The molecule has 3 aromatic rings. The van der Waals surface area contributed by atoms with Crippen LogP contribution in [0.4, 0.5) is 0 Å². The van der Waals surface area contributed by atoms with Crippen LogP contribution in [0.2, 0.25) is 10.0 Å². The van der Waals surface area contributed by atoms with Gasteiger partial charge in [-0.05, 0) is 25.1 Å². The minimum absolute atomic E-state index is 0.0581. The predicted molar refractivity (Wildman–Crippen MR) is 111 cm³/mol. The molecule has 0 saturated carbocycles. The quantitative estimate of drug-likeness (QED) is 0.547. The molecule has 0 aliphatic heterocycles. The molecule has 0 aliphatic rings. The van der Waals surface area contributed by atoms with Crippen molar-refractivity contribution < 1.29 is 13.2 Å². The number of sulfonamides is 1. The lowest BCUT2D eigenvalue weighted by atomic mass is 10.4. The van der Waals surface area contributed by atoms with Crippen LogP contribution in [0.5, 0.6) is 0 Å². The summed E-state index contributed by atoms with van der Waals surface area (Å²) in [5.41, 5.74) is 0.468. The number of aryl methyl sites for hydroxylation is 1. The van der Waals surface area contributed by atoms with Gasteiger partial charge < -0.3 is 5.32 Å². The molecular formula is C17H15Cl2N5O3S2. The SMILES string of the molecule is Cc1ncc(CNC(=O)c2cnc(CNS(=O)(=O)c3cc(Cl)cc(Cl)c3)cn2)s1. The lowest BCUT2D eigenvalue weighted by Crippen LogP contribution is -2.25. The number of carbonyl (C=O) groups excluding carboxylic acids is 1. The van der Waals surface area contributed by atoms with Crippen molar-refractivity contribution in [3.63, 3.8) is 0 Å². The van der Waals surface area contributed by atoms with Gasteiger partial charge in [0.15, 0.2) is 0 Å². The zero-order chi connectivity index (χ0) is 21.0. The van der Waals surface area contributed by atoms with E-state index in [2.05, 4.69) is 25.0 Å². The van der Waals surface area contributed by atoms with Gasteiger partial charge in [0.05, 0.1) is 41.1 Å². The fourth-order valence-corrected chi connectivity index (χ4v) is 4.70. The smallest absolute Gasteiger partial charge is 0.271 e. The number of nitrogens with zero attached hydrogens (tertiary/aromatic N) is 3. The molecular weight excluding hydrogens is 457 g/mol. The molecule has 0 saturated heterocycles. The molecule has 152 valence electrons. The number of carbonyl (C=O) groups is 1. The largest absolute Gasteiger partial charge is 0.346 e. The van der Waals surface area contributed by atoms with Gasteiger partial charge in [0.1, 0.15) is 5.69 Å². The highest BCUT2D eigenvalue weighted by atomic mass is 35.5. The Hall–Kier alpha value is -2.11. The van der Waals surface area contributed by atoms with E-state index in [1.165, 1.54) is 41.9 Å². The third kappa shape index (κ3) is 5.94. The molecule has 0 spiro atoms. The van der Waals surface area contributed by atoms with Gasteiger partial charge in [-0.15, -0.1) is 11.3 Å². The lowest BCUT2D eigenvalue weighted by molar-refractivity contribution is 0.0946. The van der Waals surface area contributed by atoms with Crippen molar-refractivity contribution in [1.82, 2.24) is 25.0 Å². The van der Waals surface area contributed by atoms with E-state index in [4.69, 9.17) is 23.2 Å². The third-order valence-corrected chi connectivity index (χ3v) is 6.35. The topological polar surface area (TPSA) is 114 Å². The van der Waals surface area contributed by atoms with Crippen LogP contribution in [0.15, 0.2) is 41.7 Å². The van der Waals surface area contributed by atoms with Gasteiger partial charge in [0, 0.05) is 21.1 Å². The molecule has 0 fully saturated rings. The van der Waals surface area contributed by atoms with E-state index in [9.17, 15) is 13.2 Å². The maximum Gasteiger partial charge on any atom is 0.271 e. The first kappa shape index (κ1) is 21.6. The van der Waals surface area contributed by atoms with Crippen molar-refractivity contribution in [2.75, 3.05) is 0 Å². The van der Waals surface area contributed by atoms with Crippen molar-refractivity contribution >= 4 is 50.5 Å². The van der Waals surface area contributed by atoms with Crippen LogP contribution < -0.4 is 10.0 Å². The molecule has 0 bridgehead atoms. The number of hydrogen-bond acceptors (Lipinski definition) is 7. The molecule has 0 radical (unpaired) electrons. The molecule has 2 aromatic heterocycles. The second-order valence-electron chi connectivity index (χ2n) is 5.85. The Bertz CT molecular complexity index is 1110. The van der Waals surface area contributed by atoms with Gasteiger partial charge in [-0.3, -0.25) is 9.78 Å². The van der Waals surface area contributed by atoms with Crippen molar-refractivity contribution in [2.24, 2.45) is 0 Å². The van der Waals surface area contributed by atoms with Crippen molar-refractivity contribution in [3.8, 4) is 0 Å². The minimum atomic E-state index is -3.84. The van der Waals surface area contributed by atoms with Crippen molar-refractivity contribution in [2.45, 2.75) is 24.9 Å². The molecule has 1 aromatic carbocycles. The van der Waals surface area contributed by atoms with Gasteiger partial charge in [-0.1, -0.05) is 23.2 Å². The van der Waals surface area contributed by atoms with E-state index in [0.717, 1.165) is 9.88 Å². The maximum atomic E-state index is 12.4. The van der Waals surface area contributed by atoms with Crippen LogP contribution >= 0.6 is 34.5 Å². The zero-order valence-corrected chi connectivity index (χ0v) is 18.2. The zero-order valence-electron chi connectivity index (χ0n) is 15.0. The number of thiazole rings is 1. The number of rotatable bonds is 7. The molecule has 29 heavy (non-hydrogen) atoms. The summed E-state index contributed by atoms with van der Waals surface area (Å²) in [6, 6.07) is 4.02. The Morgan fingerprint density at radius 2 is 1.76 bits per heavy atom. The molecule has 1 amide bonds. The summed E-state index contributed by atoms with van der Waals surface area (Å²) in [6.45, 7) is 2.12. The van der Waals surface area contributed by atoms with Crippen LogP contribution in [0.3, 0.4) is 0 Å². The van der Waals surface area contributed by atoms with Gasteiger partial charge in [0.2, 0.25) is 10.0 Å². The van der Waals surface area contributed by atoms with Gasteiger partial charge in [-0.2, -0.15) is 0 Å². The first-order valence-electron chi connectivity index (χ1n) is 8.19. The Morgan fingerprint density at radius 1 is 1.03 bits per heavy atom. The minimum Gasteiger partial charge on any atom is -0.346 e. The van der Waals surface area contributed by atoms with E-state index in [1.807, 2.05) is 6.92 Å². The molecule has 8 nitrogen and oxygen atoms in total. The van der Waals surface area contributed by atoms with Crippen LogP contribution in [-0.2, 0) is 23.1 Å². The van der Waals surface area contributed by atoms with Crippen LogP contribution in [0.1, 0.15) is 26.1 Å². The standard InChI is InChI=1S/C17H15Cl2N5O3S2/c1-10-20-7-14(28-10)8-23-17(25)16-9-21-13(5-22-16)6-24-29(26,27)15-3-11(18)2-12(19)4-15/h2-5,7,9,24H,6,8H2,1H3,(H,23,25). The summed E-state index contributed by atoms with van der Waals surface area (Å²) in [5.74, 6) is -0.385. The summed E-state index contributed by atoms with van der Waals surface area (Å²) >= 11 is 13.2. The molecule has 0 unspecified atom stereocenters. The normalized spacial score (nSPS) is 11.4. The number of benzene rings is 1. The first-order valence-corrected chi connectivity index (χ1v) is 11.2. The molecule has 3 rings (SSSR count). The molecule has 2 N–H and O–H groups in total.